The van der Waals surface area contributed by atoms with Crippen LogP contribution in [0.2, 0.25) is 0 Å². The maximum Gasteiger partial charge on any atom is 0.349 e. The highest BCUT2D eigenvalue weighted by molar-refractivity contribution is 7.99. The lowest BCUT2D eigenvalue weighted by Crippen LogP contribution is -2.39. The SMILES string of the molecule is Cl.NNc1ccc(C(=O)NOC(=O)[C@@H](N)CSc2ccc[nH]c2=S)cn1. The number of nitrogen functional groups attached to an aromatic ring is 1. The number of thioether (sulfide) groups is 1. The third-order valence-corrected chi connectivity index (χ3v) is 4.57. The summed E-state index contributed by atoms with van der Waals surface area (Å²) in [5.41, 5.74) is 10.3. The molecule has 0 aromatic carbocycles. The monoisotopic (exact) mass is 416 g/mol. The number of amides is 1. The van der Waals surface area contributed by atoms with Crippen molar-refractivity contribution in [2.24, 2.45) is 11.6 Å². The molecule has 0 spiro atoms. The van der Waals surface area contributed by atoms with Crippen LogP contribution in [0.1, 0.15) is 10.4 Å². The van der Waals surface area contributed by atoms with Crippen LogP contribution in [-0.4, -0.2) is 33.6 Å². The first-order chi connectivity index (χ1) is 12.0. The van der Waals surface area contributed by atoms with Gasteiger partial charge in [0.25, 0.3) is 5.91 Å². The van der Waals surface area contributed by atoms with Gasteiger partial charge in [-0.05, 0) is 24.3 Å². The summed E-state index contributed by atoms with van der Waals surface area (Å²) in [7, 11) is 0. The Morgan fingerprint density at radius 2 is 2.15 bits per heavy atom. The number of carbonyl (C=O) groups is 2. The van der Waals surface area contributed by atoms with Crippen molar-refractivity contribution < 1.29 is 14.4 Å². The van der Waals surface area contributed by atoms with Crippen LogP contribution >= 0.6 is 36.4 Å². The van der Waals surface area contributed by atoms with E-state index in [9.17, 15) is 9.59 Å². The summed E-state index contributed by atoms with van der Waals surface area (Å²) in [6, 6.07) is 5.65. The van der Waals surface area contributed by atoms with Crippen molar-refractivity contribution in [2.45, 2.75) is 10.9 Å². The molecule has 0 aliphatic carbocycles. The van der Waals surface area contributed by atoms with Crippen LogP contribution in [0.25, 0.3) is 0 Å². The third kappa shape index (κ3) is 6.28. The number of rotatable bonds is 6. The van der Waals surface area contributed by atoms with Crippen LogP contribution in [0, 0.1) is 4.64 Å². The second kappa shape index (κ2) is 10.7. The summed E-state index contributed by atoms with van der Waals surface area (Å²) in [6.45, 7) is 0. The predicted molar refractivity (Wildman–Crippen MR) is 103 cm³/mol. The zero-order valence-electron chi connectivity index (χ0n) is 13.3. The highest BCUT2D eigenvalue weighted by Crippen LogP contribution is 2.18. The standard InChI is InChI=1S/C14H16N6O3S2.ClH/c15-9(7-25-10-2-1-5-17-13(10)24)14(22)23-20-12(21)8-3-4-11(19-16)18-6-8;/h1-6,9H,7,15-16H2,(H,17,24)(H,18,19)(H,20,21);1H/t9-;/m0./s1. The molecule has 0 aliphatic rings. The first kappa shape index (κ1) is 21.9. The molecule has 2 heterocycles. The van der Waals surface area contributed by atoms with Gasteiger partial charge in [-0.2, -0.15) is 5.48 Å². The molecule has 2 aromatic heterocycles. The van der Waals surface area contributed by atoms with Crippen LogP contribution in [0.3, 0.4) is 0 Å². The highest BCUT2D eigenvalue weighted by atomic mass is 35.5. The summed E-state index contributed by atoms with van der Waals surface area (Å²) in [5.74, 6) is 4.43. The van der Waals surface area contributed by atoms with Crippen molar-refractivity contribution in [3.05, 3.63) is 46.9 Å². The Hall–Kier alpha value is -2.18. The summed E-state index contributed by atoms with van der Waals surface area (Å²) >= 11 is 6.43. The number of hydrogen-bond donors (Lipinski definition) is 5. The first-order valence-electron chi connectivity index (χ1n) is 7.01. The number of nitrogens with two attached hydrogens (primary N) is 2. The number of hydroxylamine groups is 1. The quantitative estimate of drug-likeness (QED) is 0.202. The molecule has 140 valence electrons. The number of H-pyrrole nitrogens is 1. The van der Waals surface area contributed by atoms with Gasteiger partial charge >= 0.3 is 5.97 Å². The van der Waals surface area contributed by atoms with E-state index in [4.69, 9.17) is 28.6 Å². The van der Waals surface area contributed by atoms with Crippen molar-refractivity contribution in [3.8, 4) is 0 Å². The molecule has 0 fully saturated rings. The molecule has 1 amide bonds. The molecule has 0 radical (unpaired) electrons. The van der Waals surface area contributed by atoms with Crippen molar-refractivity contribution in [3.63, 3.8) is 0 Å². The Balaban J connectivity index is 0.00000338. The van der Waals surface area contributed by atoms with E-state index in [0.717, 1.165) is 4.90 Å². The zero-order valence-corrected chi connectivity index (χ0v) is 15.7. The van der Waals surface area contributed by atoms with E-state index in [1.807, 2.05) is 11.5 Å². The van der Waals surface area contributed by atoms with Crippen molar-refractivity contribution in [1.82, 2.24) is 15.4 Å². The molecule has 0 unspecified atom stereocenters. The van der Waals surface area contributed by atoms with Gasteiger partial charge < -0.3 is 21.0 Å². The molecule has 2 aromatic rings. The Morgan fingerprint density at radius 3 is 2.77 bits per heavy atom. The van der Waals surface area contributed by atoms with Crippen molar-refractivity contribution in [1.29, 1.82) is 0 Å². The average molecular weight is 417 g/mol. The minimum absolute atomic E-state index is 0. The maximum absolute atomic E-state index is 11.9. The molecule has 0 saturated heterocycles. The van der Waals surface area contributed by atoms with Gasteiger partial charge in [0.1, 0.15) is 16.5 Å². The highest BCUT2D eigenvalue weighted by Gasteiger charge is 2.18. The van der Waals surface area contributed by atoms with Gasteiger partial charge in [-0.3, -0.25) is 4.79 Å². The molecule has 0 aliphatic heterocycles. The molecular weight excluding hydrogens is 400 g/mol. The van der Waals surface area contributed by atoms with Crippen LogP contribution in [-0.2, 0) is 9.63 Å². The first-order valence-corrected chi connectivity index (χ1v) is 8.40. The van der Waals surface area contributed by atoms with Crippen LogP contribution in [0.15, 0.2) is 41.6 Å². The molecule has 1 atom stereocenters. The molecular formula is C14H17ClN6O3S2. The minimum Gasteiger partial charge on any atom is -0.352 e. The fraction of sp³-hybridized carbons (Fsp3) is 0.143. The number of hydrazine groups is 1. The number of nitrogens with zero attached hydrogens (tertiary/aromatic N) is 1. The van der Waals surface area contributed by atoms with E-state index in [-0.39, 0.29) is 23.7 Å². The smallest absolute Gasteiger partial charge is 0.349 e. The molecule has 7 N–H and O–H groups in total. The fourth-order valence-corrected chi connectivity index (χ4v) is 2.79. The number of aromatic amines is 1. The molecule has 0 saturated carbocycles. The van der Waals surface area contributed by atoms with Gasteiger partial charge in [-0.15, -0.1) is 24.2 Å². The fourth-order valence-electron chi connectivity index (χ4n) is 1.61. The van der Waals surface area contributed by atoms with Gasteiger partial charge in [0.05, 0.1) is 5.56 Å². The maximum atomic E-state index is 11.9. The number of hydrogen-bond acceptors (Lipinski definition) is 9. The number of carbonyl (C=O) groups excluding carboxylic acids is 2. The summed E-state index contributed by atoms with van der Waals surface area (Å²) < 4.78 is 0.560. The Labute approximate surface area is 164 Å². The molecule has 2 rings (SSSR count). The number of pyridine rings is 2. The number of aromatic nitrogens is 2. The van der Waals surface area contributed by atoms with E-state index >= 15 is 0 Å². The molecule has 26 heavy (non-hydrogen) atoms. The van der Waals surface area contributed by atoms with E-state index in [2.05, 4.69) is 15.4 Å². The summed E-state index contributed by atoms with van der Waals surface area (Å²) in [4.78, 5) is 36.0. The molecule has 9 nitrogen and oxygen atoms in total. The summed E-state index contributed by atoms with van der Waals surface area (Å²) in [5, 5.41) is 0. The van der Waals surface area contributed by atoms with E-state index < -0.39 is 17.9 Å². The topological polar surface area (TPSA) is 148 Å². The van der Waals surface area contributed by atoms with E-state index in [0.29, 0.717) is 10.5 Å². The molecule has 0 bridgehead atoms. The second-order valence-corrected chi connectivity index (χ2v) is 6.18. The van der Waals surface area contributed by atoms with E-state index in [1.165, 1.54) is 30.1 Å². The van der Waals surface area contributed by atoms with Crippen LogP contribution in [0.5, 0.6) is 0 Å². The van der Waals surface area contributed by atoms with Crippen LogP contribution in [0.4, 0.5) is 5.82 Å². The number of anilines is 1. The van der Waals surface area contributed by atoms with Crippen molar-refractivity contribution >= 4 is 54.1 Å². The second-order valence-electron chi connectivity index (χ2n) is 4.71. The van der Waals surface area contributed by atoms with E-state index in [1.54, 1.807) is 12.3 Å². The lowest BCUT2D eigenvalue weighted by atomic mass is 10.3. The van der Waals surface area contributed by atoms with Gasteiger partial charge in [0.15, 0.2) is 0 Å². The Bertz CT molecular complexity index is 802. The minimum atomic E-state index is -0.929. The van der Waals surface area contributed by atoms with Gasteiger partial charge in [0.2, 0.25) is 0 Å². The average Bonchev–Trinajstić information content (AvgIpc) is 2.65. The van der Waals surface area contributed by atoms with Gasteiger partial charge in [-0.1, -0.05) is 12.2 Å². The molecule has 12 heteroatoms. The normalized spacial score (nSPS) is 11.0. The third-order valence-electron chi connectivity index (χ3n) is 2.92. The van der Waals surface area contributed by atoms with Gasteiger partial charge in [0, 0.05) is 23.0 Å². The Morgan fingerprint density at radius 1 is 1.38 bits per heavy atom. The lowest BCUT2D eigenvalue weighted by Gasteiger charge is -2.11. The number of halogens is 1. The zero-order chi connectivity index (χ0) is 18.2. The summed E-state index contributed by atoms with van der Waals surface area (Å²) in [6.07, 6.45) is 2.99. The Kier molecular flexibility index (Phi) is 9.02. The van der Waals surface area contributed by atoms with Crippen LogP contribution < -0.4 is 22.5 Å². The van der Waals surface area contributed by atoms with Gasteiger partial charge in [-0.25, -0.2) is 15.6 Å². The lowest BCUT2D eigenvalue weighted by molar-refractivity contribution is -0.149. The predicted octanol–water partition coefficient (Wildman–Crippen LogP) is 1.15. The van der Waals surface area contributed by atoms with Crippen molar-refractivity contribution in [2.75, 3.05) is 11.2 Å². The largest absolute Gasteiger partial charge is 0.352 e. The number of nitrogens with one attached hydrogen (secondary N) is 3.